The monoisotopic (exact) mass is 295 g/mol. The number of rotatable bonds is 7. The van der Waals surface area contributed by atoms with Crippen LogP contribution >= 0.6 is 11.8 Å². The molecule has 0 aliphatic heterocycles. The van der Waals surface area contributed by atoms with E-state index in [9.17, 15) is 5.11 Å². The quantitative estimate of drug-likeness (QED) is 0.592. The summed E-state index contributed by atoms with van der Waals surface area (Å²) in [4.78, 5) is 1.33. The molecular formula is C17H29NOS. The SMILES string of the molecule is CNC(C)(CO)CCCSc1ccc(C(C)(C)C)cc1. The Morgan fingerprint density at radius 3 is 2.15 bits per heavy atom. The van der Waals surface area contributed by atoms with Crippen LogP contribution in [0.2, 0.25) is 0 Å². The summed E-state index contributed by atoms with van der Waals surface area (Å²) in [6, 6.07) is 8.89. The van der Waals surface area contributed by atoms with Crippen molar-refractivity contribution in [3.63, 3.8) is 0 Å². The maximum atomic E-state index is 9.34. The van der Waals surface area contributed by atoms with Gasteiger partial charge >= 0.3 is 0 Å². The molecule has 0 aliphatic rings. The summed E-state index contributed by atoms with van der Waals surface area (Å²) < 4.78 is 0. The molecular weight excluding hydrogens is 266 g/mol. The fraction of sp³-hybridized carbons (Fsp3) is 0.647. The number of aliphatic hydroxyl groups excluding tert-OH is 1. The lowest BCUT2D eigenvalue weighted by Crippen LogP contribution is -2.43. The maximum Gasteiger partial charge on any atom is 0.0610 e. The molecule has 1 unspecified atom stereocenters. The first-order valence-electron chi connectivity index (χ1n) is 7.34. The molecule has 0 aliphatic carbocycles. The lowest BCUT2D eigenvalue weighted by atomic mass is 9.87. The van der Waals surface area contributed by atoms with Gasteiger partial charge in [-0.05, 0) is 55.7 Å². The number of hydrogen-bond acceptors (Lipinski definition) is 3. The number of benzene rings is 1. The Kier molecular flexibility index (Phi) is 6.56. The van der Waals surface area contributed by atoms with Crippen LogP contribution in [0.5, 0.6) is 0 Å². The third kappa shape index (κ3) is 5.47. The van der Waals surface area contributed by atoms with Gasteiger partial charge in [-0.25, -0.2) is 0 Å². The van der Waals surface area contributed by atoms with E-state index < -0.39 is 0 Å². The van der Waals surface area contributed by atoms with Gasteiger partial charge in [-0.15, -0.1) is 11.8 Å². The van der Waals surface area contributed by atoms with Crippen molar-refractivity contribution in [1.82, 2.24) is 5.32 Å². The molecule has 0 aromatic heterocycles. The minimum Gasteiger partial charge on any atom is -0.394 e. The largest absolute Gasteiger partial charge is 0.394 e. The lowest BCUT2D eigenvalue weighted by molar-refractivity contribution is 0.173. The van der Waals surface area contributed by atoms with Crippen molar-refractivity contribution in [2.45, 2.75) is 56.4 Å². The molecule has 3 heteroatoms. The highest BCUT2D eigenvalue weighted by molar-refractivity contribution is 7.99. The number of likely N-dealkylation sites (N-methyl/N-ethyl adjacent to an activating group) is 1. The smallest absolute Gasteiger partial charge is 0.0610 e. The highest BCUT2D eigenvalue weighted by Gasteiger charge is 2.19. The van der Waals surface area contributed by atoms with Gasteiger partial charge in [0.25, 0.3) is 0 Å². The Bertz CT molecular complexity index is 390. The maximum absolute atomic E-state index is 9.34. The van der Waals surface area contributed by atoms with E-state index in [4.69, 9.17) is 0 Å². The molecule has 2 nitrogen and oxygen atoms in total. The summed E-state index contributed by atoms with van der Waals surface area (Å²) in [5, 5.41) is 12.5. The zero-order chi connectivity index (χ0) is 15.2. The van der Waals surface area contributed by atoms with Crippen LogP contribution in [-0.2, 0) is 5.41 Å². The van der Waals surface area contributed by atoms with Crippen molar-refractivity contribution in [2.24, 2.45) is 0 Å². The standard InChI is InChI=1S/C17H29NOS/c1-16(2,3)14-7-9-15(10-8-14)20-12-6-11-17(4,13-19)18-5/h7-10,18-19H,6,11-13H2,1-5H3. The van der Waals surface area contributed by atoms with Gasteiger partial charge in [0, 0.05) is 10.4 Å². The van der Waals surface area contributed by atoms with Crippen molar-refractivity contribution in [2.75, 3.05) is 19.4 Å². The van der Waals surface area contributed by atoms with Gasteiger partial charge in [0.15, 0.2) is 0 Å². The average molecular weight is 295 g/mol. The van der Waals surface area contributed by atoms with Crippen molar-refractivity contribution >= 4 is 11.8 Å². The molecule has 2 N–H and O–H groups in total. The number of nitrogens with one attached hydrogen (secondary N) is 1. The van der Waals surface area contributed by atoms with Crippen LogP contribution in [0, 0.1) is 0 Å². The van der Waals surface area contributed by atoms with Crippen LogP contribution in [0.3, 0.4) is 0 Å². The van der Waals surface area contributed by atoms with E-state index in [1.807, 2.05) is 18.8 Å². The van der Waals surface area contributed by atoms with Crippen LogP contribution < -0.4 is 5.32 Å². The molecule has 1 aromatic carbocycles. The zero-order valence-electron chi connectivity index (χ0n) is 13.5. The number of hydrogen-bond donors (Lipinski definition) is 2. The van der Waals surface area contributed by atoms with Crippen molar-refractivity contribution in [3.8, 4) is 0 Å². The number of aliphatic hydroxyl groups is 1. The van der Waals surface area contributed by atoms with Gasteiger partial charge in [0.2, 0.25) is 0 Å². The van der Waals surface area contributed by atoms with Gasteiger partial charge in [0.05, 0.1) is 6.61 Å². The Balaban J connectivity index is 2.40. The molecule has 0 saturated carbocycles. The van der Waals surface area contributed by atoms with E-state index in [-0.39, 0.29) is 17.6 Å². The second-order valence-corrected chi connectivity index (χ2v) is 7.86. The summed E-state index contributed by atoms with van der Waals surface area (Å²) >= 11 is 1.89. The van der Waals surface area contributed by atoms with E-state index >= 15 is 0 Å². The van der Waals surface area contributed by atoms with E-state index in [1.54, 1.807) is 0 Å². The van der Waals surface area contributed by atoms with Crippen molar-refractivity contribution < 1.29 is 5.11 Å². The van der Waals surface area contributed by atoms with Crippen LogP contribution in [0.4, 0.5) is 0 Å². The molecule has 0 spiro atoms. The summed E-state index contributed by atoms with van der Waals surface area (Å²) in [6.07, 6.45) is 2.09. The minimum absolute atomic E-state index is 0.142. The molecule has 0 heterocycles. The predicted molar refractivity (Wildman–Crippen MR) is 89.7 cm³/mol. The molecule has 114 valence electrons. The Hall–Kier alpha value is -0.510. The van der Waals surface area contributed by atoms with Gasteiger partial charge in [-0.3, -0.25) is 0 Å². The summed E-state index contributed by atoms with van der Waals surface area (Å²) in [7, 11) is 1.91. The highest BCUT2D eigenvalue weighted by Crippen LogP contribution is 2.26. The third-order valence-electron chi connectivity index (χ3n) is 3.81. The summed E-state index contributed by atoms with van der Waals surface area (Å²) in [6.45, 7) is 8.97. The lowest BCUT2D eigenvalue weighted by Gasteiger charge is -2.26. The fourth-order valence-electron chi connectivity index (χ4n) is 1.99. The molecule has 1 atom stereocenters. The number of thioether (sulfide) groups is 1. The average Bonchev–Trinajstić information content (AvgIpc) is 2.43. The van der Waals surface area contributed by atoms with Crippen LogP contribution in [0.15, 0.2) is 29.2 Å². The molecule has 0 radical (unpaired) electrons. The predicted octanol–water partition coefficient (Wildman–Crippen LogP) is 3.83. The Morgan fingerprint density at radius 1 is 1.10 bits per heavy atom. The van der Waals surface area contributed by atoms with Crippen molar-refractivity contribution in [1.29, 1.82) is 0 Å². The van der Waals surface area contributed by atoms with Crippen LogP contribution in [0.25, 0.3) is 0 Å². The molecule has 1 rings (SSSR count). The van der Waals surface area contributed by atoms with E-state index in [0.29, 0.717) is 0 Å². The van der Waals surface area contributed by atoms with Gasteiger partial charge in [-0.1, -0.05) is 32.9 Å². The molecule has 0 saturated heterocycles. The summed E-state index contributed by atoms with van der Waals surface area (Å²) in [5.41, 5.74) is 1.46. The van der Waals surface area contributed by atoms with Crippen LogP contribution in [-0.4, -0.2) is 30.1 Å². The summed E-state index contributed by atoms with van der Waals surface area (Å²) in [5.74, 6) is 1.09. The Labute approximate surface area is 128 Å². The third-order valence-corrected chi connectivity index (χ3v) is 4.91. The molecule has 0 fully saturated rings. The van der Waals surface area contributed by atoms with E-state index in [2.05, 4.69) is 57.3 Å². The van der Waals surface area contributed by atoms with E-state index in [0.717, 1.165) is 18.6 Å². The first-order valence-corrected chi connectivity index (χ1v) is 8.32. The van der Waals surface area contributed by atoms with Crippen molar-refractivity contribution in [3.05, 3.63) is 29.8 Å². The molecule has 1 aromatic rings. The van der Waals surface area contributed by atoms with E-state index in [1.165, 1.54) is 10.5 Å². The topological polar surface area (TPSA) is 32.3 Å². The second kappa shape index (κ2) is 7.48. The van der Waals surface area contributed by atoms with Crippen LogP contribution in [0.1, 0.15) is 46.1 Å². The van der Waals surface area contributed by atoms with Gasteiger partial charge < -0.3 is 10.4 Å². The normalized spacial score (nSPS) is 15.1. The first-order chi connectivity index (χ1) is 9.30. The van der Waals surface area contributed by atoms with Gasteiger partial charge in [0.1, 0.15) is 0 Å². The Morgan fingerprint density at radius 2 is 1.70 bits per heavy atom. The molecule has 20 heavy (non-hydrogen) atoms. The minimum atomic E-state index is -0.142. The zero-order valence-corrected chi connectivity index (χ0v) is 14.3. The second-order valence-electron chi connectivity index (χ2n) is 6.70. The van der Waals surface area contributed by atoms with Gasteiger partial charge in [-0.2, -0.15) is 0 Å². The highest BCUT2D eigenvalue weighted by atomic mass is 32.2. The molecule has 0 bridgehead atoms. The fourth-order valence-corrected chi connectivity index (χ4v) is 2.84. The first kappa shape index (κ1) is 17.5. The molecule has 0 amide bonds.